The van der Waals surface area contributed by atoms with Crippen LogP contribution < -0.4 is 10.1 Å². The second-order valence-corrected chi connectivity index (χ2v) is 4.55. The molecule has 1 aromatic carbocycles. The number of hydrogen-bond acceptors (Lipinski definition) is 3. The van der Waals surface area contributed by atoms with E-state index in [-0.39, 0.29) is 24.2 Å². The Balaban J connectivity index is 2.68. The first kappa shape index (κ1) is 14.5. The molecule has 0 unspecified atom stereocenters. The van der Waals surface area contributed by atoms with Gasteiger partial charge in [0.15, 0.2) is 5.78 Å². The standard InChI is InChI=1S/C13H16ClNO3/c1-8(2)13(17)15-7-11(16)9-4-5-12(18-3)10(14)6-9/h4-6,8H,7H2,1-3H3,(H,15,17). The number of halogens is 1. The number of carbonyl (C=O) groups is 2. The van der Waals surface area contributed by atoms with E-state index in [1.54, 1.807) is 26.0 Å². The molecule has 0 aromatic heterocycles. The third kappa shape index (κ3) is 3.74. The summed E-state index contributed by atoms with van der Waals surface area (Å²) in [4.78, 5) is 23.1. The molecule has 1 N–H and O–H groups in total. The minimum atomic E-state index is -0.187. The van der Waals surface area contributed by atoms with E-state index in [4.69, 9.17) is 16.3 Å². The minimum Gasteiger partial charge on any atom is -0.495 e. The van der Waals surface area contributed by atoms with Crippen molar-refractivity contribution in [1.29, 1.82) is 0 Å². The van der Waals surface area contributed by atoms with Gasteiger partial charge in [0.05, 0.1) is 18.7 Å². The molecular weight excluding hydrogens is 254 g/mol. The van der Waals surface area contributed by atoms with Crippen molar-refractivity contribution in [3.63, 3.8) is 0 Å². The predicted octanol–water partition coefficient (Wildman–Crippen LogP) is 2.30. The summed E-state index contributed by atoms with van der Waals surface area (Å²) in [7, 11) is 1.51. The highest BCUT2D eigenvalue weighted by molar-refractivity contribution is 6.32. The number of hydrogen-bond donors (Lipinski definition) is 1. The van der Waals surface area contributed by atoms with Gasteiger partial charge in [-0.3, -0.25) is 9.59 Å². The number of carbonyl (C=O) groups excluding carboxylic acids is 2. The number of rotatable bonds is 5. The molecule has 0 bridgehead atoms. The van der Waals surface area contributed by atoms with Crippen LogP contribution in [0.2, 0.25) is 5.02 Å². The molecule has 5 heteroatoms. The third-order valence-corrected chi connectivity index (χ3v) is 2.72. The van der Waals surface area contributed by atoms with Crippen LogP contribution in [0.15, 0.2) is 18.2 Å². The molecule has 98 valence electrons. The SMILES string of the molecule is COc1ccc(C(=O)CNC(=O)C(C)C)cc1Cl. The zero-order valence-corrected chi connectivity index (χ0v) is 11.4. The molecular formula is C13H16ClNO3. The fourth-order valence-electron chi connectivity index (χ4n) is 1.31. The Morgan fingerprint density at radius 3 is 2.56 bits per heavy atom. The molecule has 0 radical (unpaired) electrons. The summed E-state index contributed by atoms with van der Waals surface area (Å²) in [6.45, 7) is 3.51. The highest BCUT2D eigenvalue weighted by atomic mass is 35.5. The monoisotopic (exact) mass is 269 g/mol. The van der Waals surface area contributed by atoms with E-state index in [1.807, 2.05) is 0 Å². The summed E-state index contributed by atoms with van der Waals surface area (Å²) in [5.41, 5.74) is 0.449. The lowest BCUT2D eigenvalue weighted by Gasteiger charge is -2.08. The predicted molar refractivity (Wildman–Crippen MR) is 70.2 cm³/mol. The van der Waals surface area contributed by atoms with Crippen molar-refractivity contribution >= 4 is 23.3 Å². The first-order chi connectivity index (χ1) is 8.45. The molecule has 1 aromatic rings. The number of ketones is 1. The van der Waals surface area contributed by atoms with Crippen LogP contribution in [-0.2, 0) is 4.79 Å². The maximum Gasteiger partial charge on any atom is 0.222 e. The number of benzene rings is 1. The van der Waals surface area contributed by atoms with E-state index >= 15 is 0 Å². The zero-order valence-electron chi connectivity index (χ0n) is 10.6. The average molecular weight is 270 g/mol. The fraction of sp³-hybridized carbons (Fsp3) is 0.385. The lowest BCUT2D eigenvalue weighted by Crippen LogP contribution is -2.32. The van der Waals surface area contributed by atoms with Gasteiger partial charge in [0, 0.05) is 11.5 Å². The molecule has 0 saturated carbocycles. The van der Waals surface area contributed by atoms with Crippen LogP contribution in [-0.4, -0.2) is 25.3 Å². The molecule has 0 heterocycles. The fourth-order valence-corrected chi connectivity index (χ4v) is 1.57. The van der Waals surface area contributed by atoms with Crippen LogP contribution in [0.1, 0.15) is 24.2 Å². The van der Waals surface area contributed by atoms with Gasteiger partial charge < -0.3 is 10.1 Å². The molecule has 0 aliphatic heterocycles. The van der Waals surface area contributed by atoms with E-state index in [2.05, 4.69) is 5.32 Å². The first-order valence-corrected chi connectivity index (χ1v) is 5.98. The number of ether oxygens (including phenoxy) is 1. The van der Waals surface area contributed by atoms with E-state index in [0.717, 1.165) is 0 Å². The lowest BCUT2D eigenvalue weighted by atomic mass is 10.1. The van der Waals surface area contributed by atoms with Crippen molar-refractivity contribution in [2.24, 2.45) is 5.92 Å². The molecule has 4 nitrogen and oxygen atoms in total. The summed E-state index contributed by atoms with van der Waals surface area (Å²) >= 11 is 5.92. The summed E-state index contributed by atoms with van der Waals surface area (Å²) in [5, 5.41) is 2.94. The maximum atomic E-state index is 11.8. The normalized spacial score (nSPS) is 10.3. The smallest absolute Gasteiger partial charge is 0.222 e. The van der Waals surface area contributed by atoms with Crippen molar-refractivity contribution in [3.05, 3.63) is 28.8 Å². The number of nitrogens with one attached hydrogen (secondary N) is 1. The van der Waals surface area contributed by atoms with Gasteiger partial charge in [-0.15, -0.1) is 0 Å². The molecule has 0 atom stereocenters. The second kappa shape index (κ2) is 6.40. The molecule has 1 amide bonds. The number of methoxy groups -OCH3 is 1. The lowest BCUT2D eigenvalue weighted by molar-refractivity contribution is -0.123. The van der Waals surface area contributed by atoms with Gasteiger partial charge in [-0.25, -0.2) is 0 Å². The van der Waals surface area contributed by atoms with E-state index in [9.17, 15) is 9.59 Å². The zero-order chi connectivity index (χ0) is 13.7. The van der Waals surface area contributed by atoms with Gasteiger partial charge in [-0.2, -0.15) is 0 Å². The Morgan fingerprint density at radius 2 is 2.06 bits per heavy atom. The van der Waals surface area contributed by atoms with Gasteiger partial charge in [0.1, 0.15) is 5.75 Å². The van der Waals surface area contributed by atoms with Crippen LogP contribution in [0.3, 0.4) is 0 Å². The van der Waals surface area contributed by atoms with Crippen LogP contribution in [0.25, 0.3) is 0 Å². The van der Waals surface area contributed by atoms with Crippen LogP contribution in [0, 0.1) is 5.92 Å². The van der Waals surface area contributed by atoms with Crippen LogP contribution in [0.4, 0.5) is 0 Å². The topological polar surface area (TPSA) is 55.4 Å². The van der Waals surface area contributed by atoms with Crippen molar-refractivity contribution in [2.75, 3.05) is 13.7 Å². The van der Waals surface area contributed by atoms with E-state index in [1.165, 1.54) is 13.2 Å². The summed E-state index contributed by atoms with van der Waals surface area (Å²) in [5.74, 6) is 0.0354. The Hall–Kier alpha value is -1.55. The third-order valence-electron chi connectivity index (χ3n) is 2.42. The Labute approximate surface area is 111 Å². The Bertz CT molecular complexity index is 458. The molecule has 0 fully saturated rings. The van der Waals surface area contributed by atoms with Gasteiger partial charge in [-0.05, 0) is 18.2 Å². The number of Topliss-reactive ketones (excluding diaryl/α,β-unsaturated/α-hetero) is 1. The summed E-state index contributed by atoms with van der Waals surface area (Å²) < 4.78 is 5.00. The quantitative estimate of drug-likeness (QED) is 0.835. The Morgan fingerprint density at radius 1 is 1.39 bits per heavy atom. The highest BCUT2D eigenvalue weighted by Crippen LogP contribution is 2.24. The van der Waals surface area contributed by atoms with Crippen LogP contribution >= 0.6 is 11.6 Å². The molecule has 0 aliphatic rings. The molecule has 0 spiro atoms. The minimum absolute atomic E-state index is 0.0281. The molecule has 1 rings (SSSR count). The van der Waals surface area contributed by atoms with Gasteiger partial charge in [-0.1, -0.05) is 25.4 Å². The van der Waals surface area contributed by atoms with Crippen LogP contribution in [0.5, 0.6) is 5.75 Å². The Kier molecular flexibility index (Phi) is 5.16. The average Bonchev–Trinajstić information content (AvgIpc) is 2.35. The van der Waals surface area contributed by atoms with Gasteiger partial charge in [0.25, 0.3) is 0 Å². The number of amides is 1. The highest BCUT2D eigenvalue weighted by Gasteiger charge is 2.12. The van der Waals surface area contributed by atoms with Crippen molar-refractivity contribution in [3.8, 4) is 5.75 Å². The van der Waals surface area contributed by atoms with Gasteiger partial charge in [0.2, 0.25) is 5.91 Å². The van der Waals surface area contributed by atoms with E-state index in [0.29, 0.717) is 16.3 Å². The largest absolute Gasteiger partial charge is 0.495 e. The summed E-state index contributed by atoms with van der Waals surface area (Å²) in [6, 6.07) is 4.78. The van der Waals surface area contributed by atoms with Crippen molar-refractivity contribution in [2.45, 2.75) is 13.8 Å². The molecule has 0 saturated heterocycles. The molecule has 0 aliphatic carbocycles. The van der Waals surface area contributed by atoms with Gasteiger partial charge >= 0.3 is 0 Å². The summed E-state index contributed by atoms with van der Waals surface area (Å²) in [6.07, 6.45) is 0. The van der Waals surface area contributed by atoms with E-state index < -0.39 is 0 Å². The second-order valence-electron chi connectivity index (χ2n) is 4.15. The van der Waals surface area contributed by atoms with Crippen molar-refractivity contribution in [1.82, 2.24) is 5.32 Å². The van der Waals surface area contributed by atoms with Crippen molar-refractivity contribution < 1.29 is 14.3 Å². The molecule has 18 heavy (non-hydrogen) atoms. The maximum absolute atomic E-state index is 11.8. The first-order valence-electron chi connectivity index (χ1n) is 5.60.